The van der Waals surface area contributed by atoms with Crippen molar-refractivity contribution in [2.75, 3.05) is 13.8 Å². The summed E-state index contributed by atoms with van der Waals surface area (Å²) in [5, 5.41) is 8.69. The molecule has 0 bridgehead atoms. The van der Waals surface area contributed by atoms with Gasteiger partial charge in [0.2, 0.25) is 6.79 Å². The number of guanidine groups is 1. The summed E-state index contributed by atoms with van der Waals surface area (Å²) in [5.41, 5.74) is 2.34. The molecule has 2 N–H and O–H groups in total. The van der Waals surface area contributed by atoms with Crippen LogP contribution in [0.2, 0.25) is 0 Å². The van der Waals surface area contributed by atoms with Gasteiger partial charge in [-0.15, -0.1) is 35.3 Å². The maximum absolute atomic E-state index is 5.38. The van der Waals surface area contributed by atoms with Crippen LogP contribution in [0.3, 0.4) is 0 Å². The Morgan fingerprint density at radius 3 is 2.61 bits per heavy atom. The molecule has 8 heteroatoms. The molecule has 0 radical (unpaired) electrons. The van der Waals surface area contributed by atoms with E-state index in [1.54, 1.807) is 18.4 Å². The van der Waals surface area contributed by atoms with Gasteiger partial charge in [0.05, 0.1) is 3.79 Å². The first-order chi connectivity index (χ1) is 10.7. The van der Waals surface area contributed by atoms with Crippen LogP contribution in [0.4, 0.5) is 0 Å². The van der Waals surface area contributed by atoms with Gasteiger partial charge >= 0.3 is 0 Å². The van der Waals surface area contributed by atoms with Crippen LogP contribution in [0.15, 0.2) is 38.4 Å². The van der Waals surface area contributed by atoms with E-state index in [-0.39, 0.29) is 24.0 Å². The zero-order chi connectivity index (χ0) is 15.4. The van der Waals surface area contributed by atoms with Gasteiger partial charge in [-0.25, -0.2) is 0 Å². The van der Waals surface area contributed by atoms with E-state index >= 15 is 0 Å². The minimum Gasteiger partial charge on any atom is -0.454 e. The average molecular weight is 510 g/mol. The van der Waals surface area contributed by atoms with Crippen molar-refractivity contribution in [2.24, 2.45) is 4.99 Å². The Morgan fingerprint density at radius 1 is 1.17 bits per heavy atom. The fourth-order valence-electron chi connectivity index (χ4n) is 2.08. The van der Waals surface area contributed by atoms with Crippen molar-refractivity contribution < 1.29 is 9.47 Å². The lowest BCUT2D eigenvalue weighted by Gasteiger charge is -2.11. The Kier molecular flexibility index (Phi) is 6.97. The number of aliphatic imine (C=N–C) groups is 1. The van der Waals surface area contributed by atoms with Crippen LogP contribution in [0.5, 0.6) is 11.5 Å². The van der Waals surface area contributed by atoms with Crippen molar-refractivity contribution in [2.45, 2.75) is 13.1 Å². The molecule has 3 rings (SSSR count). The fourth-order valence-corrected chi connectivity index (χ4v) is 3.29. The summed E-state index contributed by atoms with van der Waals surface area (Å²) in [4.78, 5) is 4.23. The lowest BCUT2D eigenvalue weighted by atomic mass is 10.2. The molecule has 1 aliphatic rings. The van der Waals surface area contributed by atoms with Crippen molar-refractivity contribution in [1.29, 1.82) is 0 Å². The third-order valence-corrected chi connectivity index (χ3v) is 4.76. The van der Waals surface area contributed by atoms with Gasteiger partial charge in [-0.3, -0.25) is 4.99 Å². The van der Waals surface area contributed by atoms with E-state index in [0.717, 1.165) is 33.4 Å². The average Bonchev–Trinajstić information content (AvgIpc) is 3.15. The summed E-state index contributed by atoms with van der Waals surface area (Å²) < 4.78 is 11.8. The van der Waals surface area contributed by atoms with E-state index in [1.165, 1.54) is 5.56 Å². The molecule has 23 heavy (non-hydrogen) atoms. The van der Waals surface area contributed by atoms with E-state index in [4.69, 9.17) is 9.47 Å². The van der Waals surface area contributed by atoms with Gasteiger partial charge < -0.3 is 20.1 Å². The van der Waals surface area contributed by atoms with E-state index < -0.39 is 0 Å². The number of benzene rings is 1. The van der Waals surface area contributed by atoms with Gasteiger partial charge in [-0.1, -0.05) is 6.07 Å². The third-order valence-electron chi connectivity index (χ3n) is 3.20. The second-order valence-electron chi connectivity index (χ2n) is 4.73. The monoisotopic (exact) mass is 509 g/mol. The summed E-state index contributed by atoms with van der Waals surface area (Å²) in [7, 11) is 1.76. The minimum absolute atomic E-state index is 0. The molecule has 2 heterocycles. The molecule has 0 atom stereocenters. The minimum atomic E-state index is 0. The van der Waals surface area contributed by atoms with Crippen LogP contribution in [0, 0.1) is 0 Å². The van der Waals surface area contributed by atoms with E-state index in [9.17, 15) is 0 Å². The summed E-state index contributed by atoms with van der Waals surface area (Å²) in [6.45, 7) is 1.71. The molecule has 5 nitrogen and oxygen atoms in total. The Hall–Kier alpha value is -1.00. The summed E-state index contributed by atoms with van der Waals surface area (Å²) in [6.07, 6.45) is 0. The molecule has 1 aromatic carbocycles. The molecule has 0 aliphatic carbocycles. The number of hydrogen-bond donors (Lipinski definition) is 2. The molecule has 0 fully saturated rings. The zero-order valence-electron chi connectivity index (χ0n) is 12.5. The molecule has 0 saturated carbocycles. The first-order valence-corrected chi connectivity index (χ1v) is 8.48. The fraction of sp³-hybridized carbons (Fsp3) is 0.267. The first-order valence-electron chi connectivity index (χ1n) is 6.80. The highest BCUT2D eigenvalue weighted by Crippen LogP contribution is 2.32. The van der Waals surface area contributed by atoms with E-state index in [1.807, 2.05) is 18.2 Å². The predicted molar refractivity (Wildman–Crippen MR) is 107 cm³/mol. The molecule has 0 amide bonds. The van der Waals surface area contributed by atoms with Gasteiger partial charge in [-0.05, 0) is 50.6 Å². The predicted octanol–water partition coefficient (Wildman–Crippen LogP) is 3.72. The Bertz CT molecular complexity index is 693. The van der Waals surface area contributed by atoms with Gasteiger partial charge in [0.1, 0.15) is 0 Å². The van der Waals surface area contributed by atoms with Gasteiger partial charge in [0.15, 0.2) is 17.5 Å². The van der Waals surface area contributed by atoms with Gasteiger partial charge in [0.25, 0.3) is 0 Å². The summed E-state index contributed by atoms with van der Waals surface area (Å²) in [5.74, 6) is 2.36. The van der Waals surface area contributed by atoms with E-state index in [0.29, 0.717) is 13.3 Å². The molecule has 1 aromatic heterocycles. The third kappa shape index (κ3) is 4.98. The Balaban J connectivity index is 0.00000192. The molecule has 1 aliphatic heterocycles. The lowest BCUT2D eigenvalue weighted by Crippen LogP contribution is -2.36. The van der Waals surface area contributed by atoms with Crippen LogP contribution in [0.1, 0.15) is 11.1 Å². The number of hydrogen-bond acceptors (Lipinski definition) is 4. The molecule has 124 valence electrons. The summed E-state index contributed by atoms with van der Waals surface area (Å²) in [6, 6.07) is 8.03. The standard InChI is InChI=1S/C15H16BrN3O2S.HI/c1-17-15(19-7-11-5-14(16)22-8-11)18-6-10-2-3-12-13(4-10)21-9-20-12;/h2-5,8H,6-7,9H2,1H3,(H2,17,18,19);1H. The Labute approximate surface area is 164 Å². The number of nitrogens with one attached hydrogen (secondary N) is 2. The molecule has 0 spiro atoms. The number of nitrogens with zero attached hydrogens (tertiary/aromatic N) is 1. The van der Waals surface area contributed by atoms with Gasteiger partial charge in [0, 0.05) is 20.1 Å². The number of rotatable bonds is 4. The second-order valence-corrected chi connectivity index (χ2v) is 7.02. The highest BCUT2D eigenvalue weighted by Gasteiger charge is 2.13. The highest BCUT2D eigenvalue weighted by molar-refractivity contribution is 14.0. The molecule has 0 unspecified atom stereocenters. The Morgan fingerprint density at radius 2 is 1.91 bits per heavy atom. The van der Waals surface area contributed by atoms with Gasteiger partial charge in [-0.2, -0.15) is 0 Å². The highest BCUT2D eigenvalue weighted by atomic mass is 127. The van der Waals surface area contributed by atoms with Crippen molar-refractivity contribution in [3.63, 3.8) is 0 Å². The van der Waals surface area contributed by atoms with Crippen LogP contribution < -0.4 is 20.1 Å². The molecule has 2 aromatic rings. The normalized spacial score (nSPS) is 12.7. The number of thiophene rings is 1. The van der Waals surface area contributed by atoms with Crippen molar-refractivity contribution in [3.05, 3.63) is 44.6 Å². The first kappa shape index (κ1) is 18.3. The topological polar surface area (TPSA) is 54.9 Å². The SMILES string of the molecule is CN=C(NCc1csc(Br)c1)NCc1ccc2c(c1)OCO2.I. The van der Waals surface area contributed by atoms with Crippen LogP contribution in [-0.4, -0.2) is 19.8 Å². The maximum Gasteiger partial charge on any atom is 0.231 e. The molecular formula is C15H17BrIN3O2S. The van der Waals surface area contributed by atoms with Crippen molar-refractivity contribution in [1.82, 2.24) is 10.6 Å². The number of halogens is 2. The largest absolute Gasteiger partial charge is 0.454 e. The number of ether oxygens (including phenoxy) is 2. The zero-order valence-corrected chi connectivity index (χ0v) is 17.2. The van der Waals surface area contributed by atoms with Crippen LogP contribution in [-0.2, 0) is 13.1 Å². The van der Waals surface area contributed by atoms with Crippen molar-refractivity contribution in [3.8, 4) is 11.5 Å². The summed E-state index contributed by atoms with van der Waals surface area (Å²) >= 11 is 5.14. The molecular weight excluding hydrogens is 493 g/mol. The molecule has 0 saturated heterocycles. The quantitative estimate of drug-likeness (QED) is 0.374. The van der Waals surface area contributed by atoms with Crippen LogP contribution >= 0.6 is 51.2 Å². The smallest absolute Gasteiger partial charge is 0.231 e. The second kappa shape index (κ2) is 8.74. The van der Waals surface area contributed by atoms with Crippen molar-refractivity contribution >= 4 is 57.2 Å². The lowest BCUT2D eigenvalue weighted by molar-refractivity contribution is 0.174. The number of fused-ring (bicyclic) bond motifs is 1. The van der Waals surface area contributed by atoms with Crippen LogP contribution in [0.25, 0.3) is 0 Å². The van der Waals surface area contributed by atoms with E-state index in [2.05, 4.69) is 43.0 Å². The maximum atomic E-state index is 5.38.